The second-order valence-electron chi connectivity index (χ2n) is 6.82. The van der Waals surface area contributed by atoms with Crippen molar-refractivity contribution in [3.05, 3.63) is 36.0 Å². The SMILES string of the molecule is Cc1nc(-c2cncc(C(N)=O)c2)cn1COCC[Si](C)(C)C. The van der Waals surface area contributed by atoms with Crippen molar-refractivity contribution in [3.63, 3.8) is 0 Å². The van der Waals surface area contributed by atoms with Crippen molar-refractivity contribution in [2.75, 3.05) is 6.61 Å². The number of pyridine rings is 1. The minimum Gasteiger partial charge on any atom is -0.366 e. The molecule has 0 saturated carbocycles. The van der Waals surface area contributed by atoms with Gasteiger partial charge in [-0.3, -0.25) is 9.78 Å². The monoisotopic (exact) mass is 332 g/mol. The topological polar surface area (TPSA) is 83.0 Å². The van der Waals surface area contributed by atoms with Gasteiger partial charge in [0.25, 0.3) is 0 Å². The smallest absolute Gasteiger partial charge is 0.250 e. The summed E-state index contributed by atoms with van der Waals surface area (Å²) >= 11 is 0. The Balaban J connectivity index is 2.06. The van der Waals surface area contributed by atoms with Gasteiger partial charge in [0.1, 0.15) is 12.6 Å². The van der Waals surface area contributed by atoms with Crippen molar-refractivity contribution in [1.29, 1.82) is 0 Å². The number of nitrogens with two attached hydrogens (primary N) is 1. The van der Waals surface area contributed by atoms with E-state index >= 15 is 0 Å². The van der Waals surface area contributed by atoms with Crippen molar-refractivity contribution < 1.29 is 9.53 Å². The Kier molecular flexibility index (Phi) is 5.33. The standard InChI is InChI=1S/C16H24N4O2Si/c1-12-19-15(13-7-14(16(17)21)9-18-8-13)10-20(12)11-22-5-6-23(2,3)4/h7-10H,5-6,11H2,1-4H3,(H2,17,21). The van der Waals surface area contributed by atoms with Crippen molar-refractivity contribution in [1.82, 2.24) is 14.5 Å². The van der Waals surface area contributed by atoms with Crippen molar-refractivity contribution in [2.24, 2.45) is 5.73 Å². The summed E-state index contributed by atoms with van der Waals surface area (Å²) in [6, 6.07) is 2.84. The van der Waals surface area contributed by atoms with Crippen LogP contribution >= 0.6 is 0 Å². The molecule has 0 spiro atoms. The van der Waals surface area contributed by atoms with E-state index in [-0.39, 0.29) is 0 Å². The largest absolute Gasteiger partial charge is 0.366 e. The first kappa shape index (κ1) is 17.4. The Morgan fingerprint density at radius 1 is 1.35 bits per heavy atom. The first-order valence-electron chi connectivity index (χ1n) is 7.63. The highest BCUT2D eigenvalue weighted by Crippen LogP contribution is 2.19. The number of ether oxygens (including phenoxy) is 1. The number of hydrogen-bond acceptors (Lipinski definition) is 4. The lowest BCUT2D eigenvalue weighted by Crippen LogP contribution is -2.22. The van der Waals surface area contributed by atoms with Crippen LogP contribution in [0.2, 0.25) is 25.7 Å². The molecule has 0 aromatic carbocycles. The fourth-order valence-corrected chi connectivity index (χ4v) is 2.79. The van der Waals surface area contributed by atoms with E-state index in [4.69, 9.17) is 10.5 Å². The number of primary amides is 1. The molecular formula is C16H24N4O2Si. The summed E-state index contributed by atoms with van der Waals surface area (Å²) in [6.45, 7) is 10.2. The van der Waals surface area contributed by atoms with Crippen molar-refractivity contribution in [3.8, 4) is 11.3 Å². The maximum Gasteiger partial charge on any atom is 0.250 e. The van der Waals surface area contributed by atoms with E-state index in [9.17, 15) is 4.79 Å². The second-order valence-corrected chi connectivity index (χ2v) is 12.4. The van der Waals surface area contributed by atoms with Gasteiger partial charge in [-0.05, 0) is 19.0 Å². The molecule has 2 aromatic heterocycles. The van der Waals surface area contributed by atoms with Gasteiger partial charge in [0, 0.05) is 38.8 Å². The molecule has 0 bridgehead atoms. The lowest BCUT2D eigenvalue weighted by Gasteiger charge is -2.15. The summed E-state index contributed by atoms with van der Waals surface area (Å²) in [5, 5.41) is 0. The molecule has 124 valence electrons. The molecule has 6 nitrogen and oxygen atoms in total. The van der Waals surface area contributed by atoms with Gasteiger partial charge in [0.05, 0.1) is 11.3 Å². The molecule has 2 N–H and O–H groups in total. The molecule has 2 aromatic rings. The summed E-state index contributed by atoms with van der Waals surface area (Å²) < 4.78 is 7.71. The van der Waals surface area contributed by atoms with Gasteiger partial charge in [-0.15, -0.1) is 0 Å². The fraction of sp³-hybridized carbons (Fsp3) is 0.438. The van der Waals surface area contributed by atoms with Gasteiger partial charge < -0.3 is 15.0 Å². The molecule has 2 rings (SSSR count). The van der Waals surface area contributed by atoms with Crippen LogP contribution in [-0.4, -0.2) is 35.1 Å². The molecule has 0 saturated heterocycles. The Hall–Kier alpha value is -1.99. The maximum absolute atomic E-state index is 11.3. The highest BCUT2D eigenvalue weighted by Gasteiger charge is 2.13. The van der Waals surface area contributed by atoms with E-state index in [1.54, 1.807) is 12.3 Å². The van der Waals surface area contributed by atoms with E-state index in [1.807, 2.05) is 17.7 Å². The van der Waals surface area contributed by atoms with Crippen LogP contribution < -0.4 is 5.73 Å². The molecule has 0 aliphatic rings. The number of nitrogens with zero attached hydrogens (tertiary/aromatic N) is 3. The predicted molar refractivity (Wildman–Crippen MR) is 92.8 cm³/mol. The van der Waals surface area contributed by atoms with Gasteiger partial charge in [0.2, 0.25) is 5.91 Å². The lowest BCUT2D eigenvalue weighted by molar-refractivity contribution is 0.0858. The minimum atomic E-state index is -1.08. The molecule has 1 amide bonds. The lowest BCUT2D eigenvalue weighted by atomic mass is 10.1. The number of amides is 1. The fourth-order valence-electron chi connectivity index (χ4n) is 2.03. The number of aromatic nitrogens is 3. The summed E-state index contributed by atoms with van der Waals surface area (Å²) in [6.07, 6.45) is 5.03. The molecule has 0 atom stereocenters. The molecular weight excluding hydrogens is 308 g/mol. The molecule has 0 radical (unpaired) electrons. The normalized spacial score (nSPS) is 11.7. The maximum atomic E-state index is 11.3. The third-order valence-corrected chi connectivity index (χ3v) is 5.23. The molecule has 0 aliphatic heterocycles. The molecule has 2 heterocycles. The zero-order valence-corrected chi connectivity index (χ0v) is 15.2. The van der Waals surface area contributed by atoms with E-state index < -0.39 is 14.0 Å². The van der Waals surface area contributed by atoms with E-state index in [1.165, 1.54) is 6.20 Å². The van der Waals surface area contributed by atoms with Gasteiger partial charge in [0.15, 0.2) is 0 Å². The van der Waals surface area contributed by atoms with Gasteiger partial charge in [-0.1, -0.05) is 19.6 Å². The van der Waals surface area contributed by atoms with Gasteiger partial charge in [-0.25, -0.2) is 4.98 Å². The Bertz CT molecular complexity index is 692. The zero-order valence-electron chi connectivity index (χ0n) is 14.2. The van der Waals surface area contributed by atoms with Crippen LogP contribution in [0.15, 0.2) is 24.7 Å². The molecule has 7 heteroatoms. The number of carbonyl (C=O) groups excluding carboxylic acids is 1. The highest BCUT2D eigenvalue weighted by molar-refractivity contribution is 6.76. The quantitative estimate of drug-likeness (QED) is 0.624. The van der Waals surface area contributed by atoms with E-state index in [0.717, 1.165) is 29.7 Å². The average molecular weight is 332 g/mol. The third kappa shape index (κ3) is 5.00. The van der Waals surface area contributed by atoms with Crippen LogP contribution in [0.5, 0.6) is 0 Å². The number of carbonyl (C=O) groups is 1. The van der Waals surface area contributed by atoms with Crippen LogP contribution in [0, 0.1) is 6.92 Å². The zero-order chi connectivity index (χ0) is 17.0. The summed E-state index contributed by atoms with van der Waals surface area (Å²) in [4.78, 5) is 19.8. The first-order valence-corrected chi connectivity index (χ1v) is 11.3. The van der Waals surface area contributed by atoms with Crippen LogP contribution in [0.25, 0.3) is 11.3 Å². The van der Waals surface area contributed by atoms with E-state index in [2.05, 4.69) is 29.6 Å². The Labute approximate surface area is 137 Å². The van der Waals surface area contributed by atoms with Crippen LogP contribution in [0.1, 0.15) is 16.2 Å². The van der Waals surface area contributed by atoms with E-state index in [0.29, 0.717) is 12.3 Å². The molecule has 23 heavy (non-hydrogen) atoms. The van der Waals surface area contributed by atoms with Crippen molar-refractivity contribution >= 4 is 14.0 Å². The van der Waals surface area contributed by atoms with Gasteiger partial charge >= 0.3 is 0 Å². The highest BCUT2D eigenvalue weighted by atomic mass is 28.3. The average Bonchev–Trinajstić information content (AvgIpc) is 2.84. The predicted octanol–water partition coefficient (Wildman–Crippen LogP) is 2.66. The molecule has 0 fully saturated rings. The second kappa shape index (κ2) is 7.06. The van der Waals surface area contributed by atoms with Gasteiger partial charge in [-0.2, -0.15) is 0 Å². The number of imidazole rings is 1. The summed E-state index contributed by atoms with van der Waals surface area (Å²) in [5.41, 5.74) is 7.19. The minimum absolute atomic E-state index is 0.376. The number of hydrogen-bond donors (Lipinski definition) is 1. The van der Waals surface area contributed by atoms with Crippen LogP contribution in [0.3, 0.4) is 0 Å². The van der Waals surface area contributed by atoms with Crippen LogP contribution in [-0.2, 0) is 11.5 Å². The first-order chi connectivity index (χ1) is 10.8. The van der Waals surface area contributed by atoms with Crippen molar-refractivity contribution in [2.45, 2.75) is 39.3 Å². The Morgan fingerprint density at radius 2 is 2.09 bits per heavy atom. The Morgan fingerprint density at radius 3 is 2.74 bits per heavy atom. The number of rotatable bonds is 7. The molecule has 0 unspecified atom stereocenters. The number of aryl methyl sites for hydroxylation is 1. The third-order valence-electron chi connectivity index (χ3n) is 3.52. The summed E-state index contributed by atoms with van der Waals surface area (Å²) in [7, 11) is -1.08. The summed E-state index contributed by atoms with van der Waals surface area (Å²) in [5.74, 6) is 0.364. The van der Waals surface area contributed by atoms with Crippen LogP contribution in [0.4, 0.5) is 0 Å². The molecule has 0 aliphatic carbocycles.